The zero-order valence-corrected chi connectivity index (χ0v) is 22.7. The molecule has 36 heavy (non-hydrogen) atoms. The van der Waals surface area contributed by atoms with Crippen LogP contribution >= 0.6 is 35.0 Å². The van der Waals surface area contributed by atoms with Gasteiger partial charge in [-0.2, -0.15) is 4.98 Å². The Bertz CT molecular complexity index is 1280. The number of nitrogens with one attached hydrogen (secondary N) is 1. The van der Waals surface area contributed by atoms with Crippen molar-refractivity contribution >= 4 is 46.9 Å². The standard InChI is InChI=1S/C26H28Cl2N4O3S/c1-4-11-34-24(33)22-16(3)29-25-30-26(36-12-5-2)31-32(25)23(22)17-7-6-8-20(13-17)35-15-18-9-10-19(27)14-21(18)28/h6-10,13-14,23H,4-5,11-12,15H2,1-3H3,(H,29,30,31). The monoisotopic (exact) mass is 546 g/mol. The quantitative estimate of drug-likeness (QED) is 0.218. The predicted molar refractivity (Wildman–Crippen MR) is 144 cm³/mol. The number of fused-ring (bicyclic) bond motifs is 1. The highest BCUT2D eigenvalue weighted by Crippen LogP contribution is 2.38. The Balaban J connectivity index is 1.68. The molecule has 2 heterocycles. The lowest BCUT2D eigenvalue weighted by molar-refractivity contribution is -0.139. The molecule has 0 saturated carbocycles. The highest BCUT2D eigenvalue weighted by molar-refractivity contribution is 7.99. The average molecular weight is 548 g/mol. The van der Waals surface area contributed by atoms with Crippen LogP contribution in [-0.2, 0) is 16.1 Å². The van der Waals surface area contributed by atoms with E-state index in [4.69, 9.17) is 37.8 Å². The Morgan fingerprint density at radius 3 is 2.75 bits per heavy atom. The Hall–Kier alpha value is -2.68. The van der Waals surface area contributed by atoms with Gasteiger partial charge in [0.15, 0.2) is 0 Å². The van der Waals surface area contributed by atoms with Crippen LogP contribution < -0.4 is 10.1 Å². The number of esters is 1. The zero-order chi connectivity index (χ0) is 25.7. The average Bonchev–Trinajstić information content (AvgIpc) is 3.27. The van der Waals surface area contributed by atoms with Gasteiger partial charge in [0.2, 0.25) is 11.1 Å². The summed E-state index contributed by atoms with van der Waals surface area (Å²) in [6.07, 6.45) is 1.74. The normalized spacial score (nSPS) is 14.9. The minimum Gasteiger partial charge on any atom is -0.489 e. The third-order valence-corrected chi connectivity index (χ3v) is 7.14. The smallest absolute Gasteiger partial charge is 0.338 e. The van der Waals surface area contributed by atoms with E-state index in [1.807, 2.05) is 44.2 Å². The van der Waals surface area contributed by atoms with Crippen molar-refractivity contribution in [2.24, 2.45) is 0 Å². The SMILES string of the molecule is CCCOC(=O)C1=C(C)Nc2nc(SCCC)nn2C1c1cccc(OCc2ccc(Cl)cc2Cl)c1. The maximum atomic E-state index is 13.2. The number of carbonyl (C=O) groups is 1. The summed E-state index contributed by atoms with van der Waals surface area (Å²) in [5, 5.41) is 9.73. The van der Waals surface area contributed by atoms with E-state index in [1.54, 1.807) is 28.6 Å². The van der Waals surface area contributed by atoms with Crippen LogP contribution in [0.1, 0.15) is 50.8 Å². The highest BCUT2D eigenvalue weighted by atomic mass is 35.5. The molecule has 3 aromatic rings. The summed E-state index contributed by atoms with van der Waals surface area (Å²) >= 11 is 13.9. The first-order valence-corrected chi connectivity index (χ1v) is 13.6. The van der Waals surface area contributed by atoms with Gasteiger partial charge in [0.05, 0.1) is 12.2 Å². The van der Waals surface area contributed by atoms with Crippen molar-refractivity contribution in [1.29, 1.82) is 0 Å². The minimum atomic E-state index is -0.517. The molecule has 7 nitrogen and oxygen atoms in total. The van der Waals surface area contributed by atoms with E-state index < -0.39 is 6.04 Å². The van der Waals surface area contributed by atoms with Gasteiger partial charge in [0, 0.05) is 27.1 Å². The molecule has 1 N–H and O–H groups in total. The second kappa shape index (κ2) is 12.0. The molecular weight excluding hydrogens is 519 g/mol. The van der Waals surface area contributed by atoms with Gasteiger partial charge in [-0.05, 0) is 49.6 Å². The van der Waals surface area contributed by atoms with E-state index >= 15 is 0 Å². The molecule has 0 spiro atoms. The molecule has 1 aliphatic heterocycles. The molecule has 190 valence electrons. The molecule has 0 saturated heterocycles. The van der Waals surface area contributed by atoms with Crippen molar-refractivity contribution in [2.45, 2.75) is 51.4 Å². The molecule has 0 bridgehead atoms. The lowest BCUT2D eigenvalue weighted by atomic mass is 9.95. The van der Waals surface area contributed by atoms with Gasteiger partial charge >= 0.3 is 5.97 Å². The fraction of sp³-hybridized carbons (Fsp3) is 0.346. The van der Waals surface area contributed by atoms with Crippen LogP contribution in [0.3, 0.4) is 0 Å². The third kappa shape index (κ3) is 5.99. The molecule has 0 amide bonds. The number of rotatable bonds is 10. The largest absolute Gasteiger partial charge is 0.489 e. The topological polar surface area (TPSA) is 78.3 Å². The van der Waals surface area contributed by atoms with E-state index in [2.05, 4.69) is 17.2 Å². The molecule has 1 unspecified atom stereocenters. The number of hydrogen-bond donors (Lipinski definition) is 1. The summed E-state index contributed by atoms with van der Waals surface area (Å²) in [5.41, 5.74) is 2.83. The van der Waals surface area contributed by atoms with Crippen molar-refractivity contribution in [1.82, 2.24) is 14.8 Å². The Kier molecular flexibility index (Phi) is 8.82. The summed E-state index contributed by atoms with van der Waals surface area (Å²) in [5.74, 6) is 1.75. The number of ether oxygens (including phenoxy) is 2. The number of allylic oxidation sites excluding steroid dienone is 1. The van der Waals surface area contributed by atoms with E-state index in [-0.39, 0.29) is 12.6 Å². The number of nitrogens with zero attached hydrogens (tertiary/aromatic N) is 3. The Morgan fingerprint density at radius 1 is 1.17 bits per heavy atom. The summed E-state index contributed by atoms with van der Waals surface area (Å²) in [7, 11) is 0. The maximum Gasteiger partial charge on any atom is 0.338 e. The summed E-state index contributed by atoms with van der Waals surface area (Å²) < 4.78 is 13.3. The third-order valence-electron chi connectivity index (χ3n) is 5.51. The van der Waals surface area contributed by atoms with Gasteiger partial charge in [0.1, 0.15) is 18.4 Å². The van der Waals surface area contributed by atoms with Crippen LogP contribution in [0.2, 0.25) is 10.0 Å². The Morgan fingerprint density at radius 2 is 2.00 bits per heavy atom. The summed E-state index contributed by atoms with van der Waals surface area (Å²) in [6.45, 7) is 6.55. The number of aromatic nitrogens is 3. The fourth-order valence-corrected chi connectivity index (χ4v) is 4.95. The number of anilines is 1. The van der Waals surface area contributed by atoms with Crippen LogP contribution in [0, 0.1) is 0 Å². The number of hydrogen-bond acceptors (Lipinski definition) is 7. The van der Waals surface area contributed by atoms with Crippen molar-refractivity contribution in [3.8, 4) is 5.75 Å². The van der Waals surface area contributed by atoms with Gasteiger partial charge in [-0.1, -0.05) is 67.0 Å². The van der Waals surface area contributed by atoms with Crippen molar-refractivity contribution < 1.29 is 14.3 Å². The van der Waals surface area contributed by atoms with E-state index in [0.717, 1.165) is 29.7 Å². The second-order valence-electron chi connectivity index (χ2n) is 8.31. The van der Waals surface area contributed by atoms with Crippen LogP contribution in [0.4, 0.5) is 5.95 Å². The summed E-state index contributed by atoms with van der Waals surface area (Å²) in [4.78, 5) is 17.8. The lowest BCUT2D eigenvalue weighted by Gasteiger charge is -2.28. The predicted octanol–water partition coefficient (Wildman–Crippen LogP) is 6.91. The molecule has 2 aromatic carbocycles. The number of carbonyl (C=O) groups excluding carboxylic acids is 1. The molecule has 0 aliphatic carbocycles. The molecule has 4 rings (SSSR count). The van der Waals surface area contributed by atoms with Crippen molar-refractivity contribution in [3.05, 3.63) is 74.9 Å². The lowest BCUT2D eigenvalue weighted by Crippen LogP contribution is -2.29. The first-order valence-electron chi connectivity index (χ1n) is 11.8. The molecule has 1 atom stereocenters. The first-order chi connectivity index (χ1) is 17.4. The fourth-order valence-electron chi connectivity index (χ4n) is 3.81. The van der Waals surface area contributed by atoms with Gasteiger partial charge in [-0.25, -0.2) is 9.48 Å². The second-order valence-corrected chi connectivity index (χ2v) is 10.2. The maximum absolute atomic E-state index is 13.2. The molecular formula is C26H28Cl2N4O3S. The molecule has 1 aliphatic rings. The van der Waals surface area contributed by atoms with E-state index in [1.165, 1.54) is 0 Å². The molecule has 1 aromatic heterocycles. The first kappa shape index (κ1) is 26.4. The van der Waals surface area contributed by atoms with Gasteiger partial charge in [-0.15, -0.1) is 5.10 Å². The zero-order valence-electron chi connectivity index (χ0n) is 20.4. The highest BCUT2D eigenvalue weighted by Gasteiger charge is 2.35. The van der Waals surface area contributed by atoms with E-state index in [9.17, 15) is 4.79 Å². The van der Waals surface area contributed by atoms with Gasteiger partial charge in [0.25, 0.3) is 0 Å². The van der Waals surface area contributed by atoms with Crippen molar-refractivity contribution in [3.63, 3.8) is 0 Å². The van der Waals surface area contributed by atoms with Gasteiger partial charge < -0.3 is 14.8 Å². The number of halogens is 2. The van der Waals surface area contributed by atoms with Gasteiger partial charge in [-0.3, -0.25) is 0 Å². The molecule has 0 radical (unpaired) electrons. The summed E-state index contributed by atoms with van der Waals surface area (Å²) in [6, 6.07) is 12.4. The van der Waals surface area contributed by atoms with E-state index in [0.29, 0.717) is 44.8 Å². The van der Waals surface area contributed by atoms with Crippen molar-refractivity contribution in [2.75, 3.05) is 17.7 Å². The molecule has 0 fully saturated rings. The number of thioether (sulfide) groups is 1. The van der Waals surface area contributed by atoms with Crippen LogP contribution in [-0.4, -0.2) is 33.1 Å². The minimum absolute atomic E-state index is 0.276. The van der Waals surface area contributed by atoms with Crippen LogP contribution in [0.5, 0.6) is 5.75 Å². The molecule has 10 heteroatoms. The Labute approximate surface area is 225 Å². The number of benzene rings is 2. The van der Waals surface area contributed by atoms with Crippen LogP contribution in [0.15, 0.2) is 58.9 Å². The van der Waals surface area contributed by atoms with Crippen LogP contribution in [0.25, 0.3) is 0 Å².